The van der Waals surface area contributed by atoms with E-state index in [1.807, 2.05) is 30.3 Å². The normalized spacial score (nSPS) is 53.4. The molecule has 0 aromatic heterocycles. The minimum Gasteiger partial charge on any atom is -0.456 e. The van der Waals surface area contributed by atoms with Crippen LogP contribution in [-0.2, 0) is 33.8 Å². The molecule has 17 atom stereocenters. The quantitative estimate of drug-likeness (QED) is 0.229. The van der Waals surface area contributed by atoms with Crippen molar-refractivity contribution in [1.29, 1.82) is 0 Å². The average molecular weight is 679 g/mol. The van der Waals surface area contributed by atoms with Gasteiger partial charge in [0.2, 0.25) is 0 Å². The Morgan fingerprint density at radius 3 is 1.86 bits per heavy atom. The first-order valence-electron chi connectivity index (χ1n) is 19.8. The van der Waals surface area contributed by atoms with E-state index in [1.165, 1.54) is 12.8 Å². The van der Waals surface area contributed by atoms with Gasteiger partial charge < -0.3 is 14.2 Å². The monoisotopic (exact) mass is 678 g/mol. The Morgan fingerprint density at radius 1 is 0.714 bits per heavy atom. The summed E-state index contributed by atoms with van der Waals surface area (Å²) in [4.78, 5) is 39.7. The molecule has 0 radical (unpaired) electrons. The van der Waals surface area contributed by atoms with E-state index >= 15 is 0 Å². The summed E-state index contributed by atoms with van der Waals surface area (Å²) in [6, 6.07) is 9.41. The second-order valence-corrected chi connectivity index (χ2v) is 18.5. The van der Waals surface area contributed by atoms with Gasteiger partial charge in [-0.05, 0) is 125 Å². The number of rotatable bonds is 5. The van der Waals surface area contributed by atoms with Gasteiger partial charge in [-0.2, -0.15) is 0 Å². The molecule has 6 heterocycles. The smallest absolute Gasteiger partial charge is 0.338 e. The third-order valence-electron chi connectivity index (χ3n) is 15.7. The lowest BCUT2D eigenvalue weighted by Crippen LogP contribution is -2.71. The molecule has 10 fully saturated rings. The lowest BCUT2D eigenvalue weighted by molar-refractivity contribution is -0.491. The molecule has 270 valence electrons. The second kappa shape index (κ2) is 11.7. The van der Waals surface area contributed by atoms with E-state index in [0.29, 0.717) is 41.6 Å². The molecule has 4 saturated carbocycles. The van der Waals surface area contributed by atoms with Crippen molar-refractivity contribution in [3.05, 3.63) is 35.9 Å². The van der Waals surface area contributed by atoms with Gasteiger partial charge in [0.25, 0.3) is 0 Å². The molecular formula is C41H58O8. The number of esters is 1. The molecule has 49 heavy (non-hydrogen) atoms. The van der Waals surface area contributed by atoms with Crippen LogP contribution in [0.4, 0.5) is 0 Å². The Labute approximate surface area is 292 Å². The van der Waals surface area contributed by atoms with E-state index < -0.39 is 17.3 Å². The van der Waals surface area contributed by atoms with Gasteiger partial charge in [-0.1, -0.05) is 45.9 Å². The molecule has 6 aliphatic heterocycles. The molecular weight excluding hydrogens is 620 g/mol. The van der Waals surface area contributed by atoms with Crippen LogP contribution in [0.15, 0.2) is 30.3 Å². The third kappa shape index (κ3) is 4.93. The van der Waals surface area contributed by atoms with Crippen LogP contribution in [0.3, 0.4) is 0 Å². The van der Waals surface area contributed by atoms with Crippen LogP contribution in [0.1, 0.15) is 123 Å². The zero-order valence-corrected chi connectivity index (χ0v) is 30.4. The van der Waals surface area contributed by atoms with Crippen LogP contribution >= 0.6 is 0 Å². The van der Waals surface area contributed by atoms with E-state index in [9.17, 15) is 4.79 Å². The number of hydrogen-bond acceptors (Lipinski definition) is 8. The molecule has 6 saturated heterocycles. The highest BCUT2D eigenvalue weighted by Crippen LogP contribution is 2.64. The van der Waals surface area contributed by atoms with Crippen molar-refractivity contribution in [1.82, 2.24) is 0 Å². The van der Waals surface area contributed by atoms with Crippen LogP contribution in [0.5, 0.6) is 0 Å². The van der Waals surface area contributed by atoms with Crippen LogP contribution in [-0.4, -0.2) is 58.9 Å². The Hall–Kier alpha value is -1.55. The molecule has 4 aliphatic carbocycles. The second-order valence-electron chi connectivity index (χ2n) is 18.5. The Morgan fingerprint density at radius 2 is 1.27 bits per heavy atom. The molecule has 0 amide bonds. The van der Waals surface area contributed by atoms with Gasteiger partial charge in [0, 0.05) is 19.3 Å². The topological polar surface area (TPSA) is 81.7 Å². The maximum absolute atomic E-state index is 13.9. The molecule has 8 heteroatoms. The zero-order valence-electron chi connectivity index (χ0n) is 30.4. The summed E-state index contributed by atoms with van der Waals surface area (Å²) in [5, 5.41) is 0. The number of benzene rings is 1. The average Bonchev–Trinajstić information content (AvgIpc) is 3.46. The first-order valence-corrected chi connectivity index (χ1v) is 19.8. The third-order valence-corrected chi connectivity index (χ3v) is 15.7. The van der Waals surface area contributed by atoms with Gasteiger partial charge in [-0.25, -0.2) is 24.3 Å². The summed E-state index contributed by atoms with van der Waals surface area (Å²) in [7, 11) is 0. The largest absolute Gasteiger partial charge is 0.456 e. The van der Waals surface area contributed by atoms with Crippen molar-refractivity contribution in [3.8, 4) is 0 Å². The van der Waals surface area contributed by atoms with E-state index in [-0.39, 0.29) is 59.3 Å². The molecule has 2 spiro atoms. The van der Waals surface area contributed by atoms with Gasteiger partial charge in [0.05, 0.1) is 30.0 Å². The highest BCUT2D eigenvalue weighted by Gasteiger charge is 2.70. The first-order chi connectivity index (χ1) is 23.5. The van der Waals surface area contributed by atoms with Gasteiger partial charge in [0.1, 0.15) is 28.5 Å². The Balaban J connectivity index is 1.06. The van der Waals surface area contributed by atoms with Crippen LogP contribution < -0.4 is 0 Å². The number of carbonyl (C=O) groups excluding carboxylic acids is 1. The highest BCUT2D eigenvalue weighted by atomic mass is 17.2. The summed E-state index contributed by atoms with van der Waals surface area (Å²) in [6.45, 7) is 13.8. The van der Waals surface area contributed by atoms with Crippen molar-refractivity contribution in [2.24, 2.45) is 47.3 Å². The van der Waals surface area contributed by atoms with Gasteiger partial charge in [-0.3, -0.25) is 0 Å². The molecule has 1 aromatic rings. The van der Waals surface area contributed by atoms with Gasteiger partial charge in [0.15, 0.2) is 0 Å². The van der Waals surface area contributed by atoms with Crippen molar-refractivity contribution in [2.45, 2.75) is 165 Å². The van der Waals surface area contributed by atoms with Crippen LogP contribution in [0.2, 0.25) is 0 Å². The molecule has 0 N–H and O–H groups in total. The minimum atomic E-state index is -0.469. The van der Waals surface area contributed by atoms with Crippen molar-refractivity contribution >= 4 is 5.97 Å². The van der Waals surface area contributed by atoms with E-state index in [0.717, 1.165) is 51.4 Å². The SMILES string of the molecule is C[C@H]1[C@@H](C[C@H](OC(=O)c2ccccc2)C2O[C@@H]3C[C@]4(C)CC[C@H]5[C@H](C)CC[C@@H]([C@H]2C)[C@@]35OO4)O[C@@H]2C[C@]3(C)CC[C@H]4[C@H](C)CC[C@@H]1[C@@]24OO3. The van der Waals surface area contributed by atoms with Crippen molar-refractivity contribution in [3.63, 3.8) is 0 Å². The number of hydrogen-bond donors (Lipinski definition) is 0. The fourth-order valence-corrected chi connectivity index (χ4v) is 13.0. The molecule has 8 nitrogen and oxygen atoms in total. The lowest BCUT2D eigenvalue weighted by Gasteiger charge is -2.62. The summed E-state index contributed by atoms with van der Waals surface area (Å²) >= 11 is 0. The maximum Gasteiger partial charge on any atom is 0.338 e. The summed E-state index contributed by atoms with van der Waals surface area (Å²) in [5.74, 6) is 2.55. The first kappa shape index (κ1) is 33.3. The number of ether oxygens (including phenoxy) is 3. The Kier molecular flexibility index (Phi) is 7.97. The lowest BCUT2D eigenvalue weighted by atomic mass is 9.55. The molecule has 1 unspecified atom stereocenters. The predicted molar refractivity (Wildman–Crippen MR) is 181 cm³/mol. The van der Waals surface area contributed by atoms with Crippen LogP contribution in [0, 0.1) is 47.3 Å². The van der Waals surface area contributed by atoms with E-state index in [1.54, 1.807) is 0 Å². The van der Waals surface area contributed by atoms with E-state index in [4.69, 9.17) is 33.8 Å². The summed E-state index contributed by atoms with van der Waals surface area (Å²) < 4.78 is 21.3. The molecule has 11 rings (SSSR count). The fraction of sp³-hybridized carbons (Fsp3) is 0.829. The molecule has 10 aliphatic rings. The fourth-order valence-electron chi connectivity index (χ4n) is 13.0. The standard InChI is InChI=1S/C41H58O8/c1-23-12-14-30-25(3)32(43-34-21-38(5)18-16-28(23)40(30,34)48-46-38)20-33(44-37(42)27-10-8-7-9-11-27)36-26(4)31-15-13-24(2)29-17-19-39(6)22-35(45-36)41(29,31)49-47-39/h7-11,23-26,28-36H,12-22H2,1-6H3/t23-,24-,25-,26-,28+,29+,30+,31+,32-,33+,34-,35-,36?,38+,39+,40-,41-/m1/s1. The number of carbonyl (C=O) groups is 1. The van der Waals surface area contributed by atoms with Crippen LogP contribution in [0.25, 0.3) is 0 Å². The maximum atomic E-state index is 13.9. The van der Waals surface area contributed by atoms with E-state index in [2.05, 4.69) is 41.5 Å². The molecule has 4 bridgehead atoms. The minimum absolute atomic E-state index is 0.0465. The van der Waals surface area contributed by atoms with Crippen molar-refractivity contribution in [2.75, 3.05) is 0 Å². The molecule has 1 aromatic carbocycles. The predicted octanol–water partition coefficient (Wildman–Crippen LogP) is 8.02. The number of fused-ring (bicyclic) bond motifs is 4. The zero-order chi connectivity index (χ0) is 33.9. The highest BCUT2D eigenvalue weighted by molar-refractivity contribution is 5.89. The van der Waals surface area contributed by atoms with Gasteiger partial charge in [-0.15, -0.1) is 0 Å². The van der Waals surface area contributed by atoms with Crippen molar-refractivity contribution < 1.29 is 38.6 Å². The Bertz CT molecular complexity index is 1420. The van der Waals surface area contributed by atoms with Gasteiger partial charge >= 0.3 is 5.97 Å². The summed E-state index contributed by atoms with van der Waals surface area (Å²) in [6.07, 6.45) is 9.95. The summed E-state index contributed by atoms with van der Waals surface area (Å²) in [5.41, 5.74) is -1.03.